The summed E-state index contributed by atoms with van der Waals surface area (Å²) in [5.41, 5.74) is 1.03. The molecule has 1 aliphatic rings. The first kappa shape index (κ1) is 13.9. The highest BCUT2D eigenvalue weighted by Crippen LogP contribution is 2.35. The molecule has 0 radical (unpaired) electrons. The first-order chi connectivity index (χ1) is 8.68. The molecule has 0 saturated heterocycles. The van der Waals surface area contributed by atoms with Crippen molar-refractivity contribution in [2.24, 2.45) is 0 Å². The average Bonchev–Trinajstić information content (AvgIpc) is 2.60. The predicted octanol–water partition coefficient (Wildman–Crippen LogP) is 3.16. The van der Waals surface area contributed by atoms with Crippen LogP contribution >= 0.6 is 23.2 Å². The number of benzene rings is 1. The number of allylic oxidation sites excluding steroid dienone is 1. The Morgan fingerprint density at radius 3 is 2.78 bits per heavy atom. The minimum atomic E-state index is -0.101. The highest BCUT2D eigenvalue weighted by Gasteiger charge is 2.31. The van der Waals surface area contributed by atoms with E-state index >= 15 is 0 Å². The van der Waals surface area contributed by atoms with Crippen molar-refractivity contribution < 1.29 is 5.11 Å². The SMILES string of the molecule is OCC[C@]1(c2ccc(Cl)c(Cl)c2)CC=CCNC1. The molecule has 0 aromatic heterocycles. The average molecular weight is 286 g/mol. The molecule has 2 rings (SSSR count). The largest absolute Gasteiger partial charge is 0.396 e. The molecule has 0 amide bonds. The Hall–Kier alpha value is -0.540. The lowest BCUT2D eigenvalue weighted by Gasteiger charge is -2.32. The van der Waals surface area contributed by atoms with Gasteiger partial charge in [-0.05, 0) is 30.5 Å². The standard InChI is InChI=1S/C14H17Cl2NO/c15-12-4-3-11(9-13(12)16)14(6-8-18)5-1-2-7-17-10-14/h1-4,9,17-18H,5-8,10H2/t14-/m1/s1. The van der Waals surface area contributed by atoms with E-state index in [1.807, 2.05) is 18.2 Å². The Kier molecular flexibility index (Phi) is 4.68. The molecule has 18 heavy (non-hydrogen) atoms. The van der Waals surface area contributed by atoms with E-state index in [9.17, 15) is 5.11 Å². The summed E-state index contributed by atoms with van der Waals surface area (Å²) in [6, 6.07) is 5.75. The topological polar surface area (TPSA) is 32.3 Å². The summed E-state index contributed by atoms with van der Waals surface area (Å²) in [5, 5.41) is 13.9. The number of hydrogen-bond donors (Lipinski definition) is 2. The van der Waals surface area contributed by atoms with Gasteiger partial charge in [0, 0.05) is 25.1 Å². The fraction of sp³-hybridized carbons (Fsp3) is 0.429. The Morgan fingerprint density at radius 1 is 1.22 bits per heavy atom. The molecule has 2 N–H and O–H groups in total. The molecular weight excluding hydrogens is 269 g/mol. The van der Waals surface area contributed by atoms with Crippen LogP contribution in [0.3, 0.4) is 0 Å². The highest BCUT2D eigenvalue weighted by molar-refractivity contribution is 6.42. The normalized spacial score (nSPS) is 23.9. The first-order valence-corrected chi connectivity index (χ1v) is 6.86. The van der Waals surface area contributed by atoms with E-state index in [0.717, 1.165) is 25.1 Å². The second-order valence-electron chi connectivity index (χ2n) is 4.69. The van der Waals surface area contributed by atoms with Crippen LogP contribution in [-0.2, 0) is 5.41 Å². The zero-order chi connectivity index (χ0) is 13.0. The number of rotatable bonds is 3. The summed E-state index contributed by atoms with van der Waals surface area (Å²) in [6.07, 6.45) is 5.90. The summed E-state index contributed by atoms with van der Waals surface area (Å²) in [5.74, 6) is 0. The second kappa shape index (κ2) is 6.07. The maximum absolute atomic E-state index is 9.35. The van der Waals surface area contributed by atoms with Crippen LogP contribution in [-0.4, -0.2) is 24.8 Å². The molecule has 0 spiro atoms. The molecule has 0 fully saturated rings. The van der Waals surface area contributed by atoms with E-state index in [2.05, 4.69) is 17.5 Å². The number of aliphatic hydroxyl groups excluding tert-OH is 1. The third-order valence-corrected chi connectivity index (χ3v) is 4.26. The Bertz CT molecular complexity index is 447. The molecular formula is C14H17Cl2NO. The van der Waals surface area contributed by atoms with E-state index in [-0.39, 0.29) is 12.0 Å². The summed E-state index contributed by atoms with van der Waals surface area (Å²) in [6.45, 7) is 1.86. The van der Waals surface area contributed by atoms with Crippen LogP contribution in [0, 0.1) is 0 Å². The fourth-order valence-electron chi connectivity index (χ4n) is 2.45. The number of halogens is 2. The minimum absolute atomic E-state index is 0.101. The lowest BCUT2D eigenvalue weighted by atomic mass is 9.75. The van der Waals surface area contributed by atoms with Gasteiger partial charge in [0.15, 0.2) is 0 Å². The van der Waals surface area contributed by atoms with Crippen molar-refractivity contribution in [1.82, 2.24) is 5.32 Å². The monoisotopic (exact) mass is 285 g/mol. The van der Waals surface area contributed by atoms with Gasteiger partial charge < -0.3 is 10.4 Å². The van der Waals surface area contributed by atoms with Crippen LogP contribution in [0.5, 0.6) is 0 Å². The molecule has 1 aliphatic heterocycles. The molecule has 1 heterocycles. The van der Waals surface area contributed by atoms with Crippen LogP contribution < -0.4 is 5.32 Å². The van der Waals surface area contributed by atoms with E-state index in [0.29, 0.717) is 16.5 Å². The smallest absolute Gasteiger partial charge is 0.0595 e. The molecule has 0 bridgehead atoms. The fourth-order valence-corrected chi connectivity index (χ4v) is 2.75. The van der Waals surface area contributed by atoms with Crippen LogP contribution in [0.1, 0.15) is 18.4 Å². The Morgan fingerprint density at radius 2 is 2.06 bits per heavy atom. The first-order valence-electron chi connectivity index (χ1n) is 6.10. The minimum Gasteiger partial charge on any atom is -0.396 e. The van der Waals surface area contributed by atoms with Crippen molar-refractivity contribution in [1.29, 1.82) is 0 Å². The maximum Gasteiger partial charge on any atom is 0.0595 e. The van der Waals surface area contributed by atoms with Crippen LogP contribution in [0.2, 0.25) is 10.0 Å². The Balaban J connectivity index is 2.38. The van der Waals surface area contributed by atoms with Crippen molar-refractivity contribution >= 4 is 23.2 Å². The third-order valence-electron chi connectivity index (χ3n) is 3.52. The van der Waals surface area contributed by atoms with E-state index in [1.54, 1.807) is 0 Å². The second-order valence-corrected chi connectivity index (χ2v) is 5.50. The van der Waals surface area contributed by atoms with E-state index in [1.165, 1.54) is 0 Å². The zero-order valence-electron chi connectivity index (χ0n) is 10.1. The van der Waals surface area contributed by atoms with Crippen LogP contribution in [0.15, 0.2) is 30.4 Å². The number of nitrogens with one attached hydrogen (secondary N) is 1. The third kappa shape index (κ3) is 2.89. The van der Waals surface area contributed by atoms with Gasteiger partial charge in [0.2, 0.25) is 0 Å². The van der Waals surface area contributed by atoms with Gasteiger partial charge in [-0.25, -0.2) is 0 Å². The van der Waals surface area contributed by atoms with Gasteiger partial charge in [-0.1, -0.05) is 41.4 Å². The van der Waals surface area contributed by atoms with Crippen molar-refractivity contribution in [3.05, 3.63) is 46.0 Å². The van der Waals surface area contributed by atoms with Gasteiger partial charge in [-0.3, -0.25) is 0 Å². The van der Waals surface area contributed by atoms with E-state index in [4.69, 9.17) is 23.2 Å². The predicted molar refractivity (Wildman–Crippen MR) is 76.5 cm³/mol. The summed E-state index contributed by atoms with van der Waals surface area (Å²) < 4.78 is 0. The molecule has 98 valence electrons. The van der Waals surface area contributed by atoms with Crippen LogP contribution in [0.25, 0.3) is 0 Å². The van der Waals surface area contributed by atoms with Crippen molar-refractivity contribution in [3.8, 4) is 0 Å². The lowest BCUT2D eigenvalue weighted by Crippen LogP contribution is -2.37. The molecule has 0 aliphatic carbocycles. The highest BCUT2D eigenvalue weighted by atomic mass is 35.5. The molecule has 4 heteroatoms. The van der Waals surface area contributed by atoms with Crippen molar-refractivity contribution in [3.63, 3.8) is 0 Å². The molecule has 0 unspecified atom stereocenters. The molecule has 2 nitrogen and oxygen atoms in total. The van der Waals surface area contributed by atoms with Gasteiger partial charge in [-0.15, -0.1) is 0 Å². The van der Waals surface area contributed by atoms with Gasteiger partial charge in [0.25, 0.3) is 0 Å². The van der Waals surface area contributed by atoms with E-state index < -0.39 is 0 Å². The van der Waals surface area contributed by atoms with Gasteiger partial charge >= 0.3 is 0 Å². The quantitative estimate of drug-likeness (QED) is 0.837. The van der Waals surface area contributed by atoms with Gasteiger partial charge in [-0.2, -0.15) is 0 Å². The van der Waals surface area contributed by atoms with Crippen molar-refractivity contribution in [2.45, 2.75) is 18.3 Å². The van der Waals surface area contributed by atoms with Gasteiger partial charge in [0.1, 0.15) is 0 Å². The zero-order valence-corrected chi connectivity index (χ0v) is 11.6. The maximum atomic E-state index is 9.35. The molecule has 0 saturated carbocycles. The summed E-state index contributed by atoms with van der Waals surface area (Å²) >= 11 is 12.1. The lowest BCUT2D eigenvalue weighted by molar-refractivity contribution is 0.234. The summed E-state index contributed by atoms with van der Waals surface area (Å²) in [4.78, 5) is 0. The van der Waals surface area contributed by atoms with Crippen LogP contribution in [0.4, 0.5) is 0 Å². The molecule has 1 aromatic carbocycles. The summed E-state index contributed by atoms with van der Waals surface area (Å²) in [7, 11) is 0. The molecule has 1 aromatic rings. The number of hydrogen-bond acceptors (Lipinski definition) is 2. The molecule has 1 atom stereocenters. The number of aliphatic hydroxyl groups is 1. The Labute approximate surface area is 118 Å². The van der Waals surface area contributed by atoms with Gasteiger partial charge in [0.05, 0.1) is 10.0 Å². The van der Waals surface area contributed by atoms with Crippen molar-refractivity contribution in [2.75, 3.05) is 19.7 Å².